The van der Waals surface area contributed by atoms with Gasteiger partial charge < -0.3 is 5.11 Å². The van der Waals surface area contributed by atoms with Crippen LogP contribution < -0.4 is 0 Å². The molecule has 1 N–H and O–H groups in total. The fourth-order valence-electron chi connectivity index (χ4n) is 1.82. The summed E-state index contributed by atoms with van der Waals surface area (Å²) in [6.45, 7) is 1.58. The maximum Gasteiger partial charge on any atom is 0.338 e. The lowest BCUT2D eigenvalue weighted by molar-refractivity contribution is 0.0691. The maximum absolute atomic E-state index is 13.7. The van der Waals surface area contributed by atoms with Gasteiger partial charge in [0.05, 0.1) is 11.3 Å². The van der Waals surface area contributed by atoms with Gasteiger partial charge in [-0.05, 0) is 30.7 Å². The second-order valence-corrected chi connectivity index (χ2v) is 3.80. The van der Waals surface area contributed by atoms with Crippen molar-refractivity contribution >= 4 is 5.97 Å². The first kappa shape index (κ1) is 11.3. The highest BCUT2D eigenvalue weighted by atomic mass is 19.1. The molecule has 0 bridgehead atoms. The quantitative estimate of drug-likeness (QED) is 0.866. The summed E-state index contributed by atoms with van der Waals surface area (Å²) in [4.78, 5) is 10.8. The Morgan fingerprint density at radius 3 is 2.65 bits per heavy atom. The van der Waals surface area contributed by atoms with Crippen LogP contribution in [-0.4, -0.2) is 20.9 Å². The third-order valence-electron chi connectivity index (χ3n) is 2.62. The first-order valence-corrected chi connectivity index (χ1v) is 5.02. The highest BCUT2D eigenvalue weighted by Gasteiger charge is 2.16. The zero-order chi connectivity index (χ0) is 12.6. The molecule has 1 aromatic carbocycles. The second-order valence-electron chi connectivity index (χ2n) is 3.80. The number of rotatable bonds is 2. The van der Waals surface area contributed by atoms with E-state index in [2.05, 4.69) is 5.10 Å². The van der Waals surface area contributed by atoms with Crippen LogP contribution >= 0.6 is 0 Å². The predicted molar refractivity (Wildman–Crippen MR) is 60.3 cm³/mol. The Morgan fingerprint density at radius 1 is 1.47 bits per heavy atom. The van der Waals surface area contributed by atoms with E-state index in [9.17, 15) is 9.18 Å². The van der Waals surface area contributed by atoms with Crippen LogP contribution in [-0.2, 0) is 7.05 Å². The molecule has 17 heavy (non-hydrogen) atoms. The van der Waals surface area contributed by atoms with Gasteiger partial charge in [0.1, 0.15) is 5.82 Å². The van der Waals surface area contributed by atoms with Crippen molar-refractivity contribution in [1.29, 1.82) is 0 Å². The summed E-state index contributed by atoms with van der Waals surface area (Å²) in [7, 11) is 1.74. The van der Waals surface area contributed by atoms with Gasteiger partial charge >= 0.3 is 5.97 Å². The van der Waals surface area contributed by atoms with Gasteiger partial charge in [0.25, 0.3) is 0 Å². The fourth-order valence-corrected chi connectivity index (χ4v) is 1.82. The SMILES string of the molecule is Cc1cc(-c2ccnn2C)cc(F)c1C(=O)O. The van der Waals surface area contributed by atoms with Crippen molar-refractivity contribution in [3.63, 3.8) is 0 Å². The van der Waals surface area contributed by atoms with Gasteiger partial charge in [-0.25, -0.2) is 9.18 Å². The lowest BCUT2D eigenvalue weighted by atomic mass is 10.0. The van der Waals surface area contributed by atoms with Crippen LogP contribution in [0.4, 0.5) is 4.39 Å². The second kappa shape index (κ2) is 4.01. The molecule has 0 radical (unpaired) electrons. The molecule has 0 spiro atoms. The summed E-state index contributed by atoms with van der Waals surface area (Å²) < 4.78 is 15.3. The molecule has 0 atom stereocenters. The van der Waals surface area contributed by atoms with Crippen LogP contribution in [0.3, 0.4) is 0 Å². The number of hydrogen-bond donors (Lipinski definition) is 1. The number of carboxylic acid groups (broad SMARTS) is 1. The van der Waals surface area contributed by atoms with Crippen LogP contribution in [0.5, 0.6) is 0 Å². The summed E-state index contributed by atoms with van der Waals surface area (Å²) in [5.74, 6) is -1.98. The monoisotopic (exact) mass is 234 g/mol. The number of nitrogens with zero attached hydrogens (tertiary/aromatic N) is 2. The van der Waals surface area contributed by atoms with E-state index in [4.69, 9.17) is 5.11 Å². The van der Waals surface area contributed by atoms with Gasteiger partial charge in [-0.15, -0.1) is 0 Å². The Hall–Kier alpha value is -2.17. The molecule has 0 aliphatic rings. The van der Waals surface area contributed by atoms with E-state index in [1.165, 1.54) is 6.07 Å². The normalized spacial score (nSPS) is 10.5. The smallest absolute Gasteiger partial charge is 0.338 e. The van der Waals surface area contributed by atoms with Crippen LogP contribution in [0.2, 0.25) is 0 Å². The average Bonchev–Trinajstić information content (AvgIpc) is 2.62. The van der Waals surface area contributed by atoms with Crippen molar-refractivity contribution in [2.24, 2.45) is 7.05 Å². The van der Waals surface area contributed by atoms with Crippen LogP contribution in [0.15, 0.2) is 24.4 Å². The van der Waals surface area contributed by atoms with E-state index >= 15 is 0 Å². The summed E-state index contributed by atoms with van der Waals surface area (Å²) >= 11 is 0. The Kier molecular flexibility index (Phi) is 2.67. The van der Waals surface area contributed by atoms with Gasteiger partial charge in [-0.1, -0.05) is 0 Å². The van der Waals surface area contributed by atoms with Crippen LogP contribution in [0, 0.1) is 12.7 Å². The molecule has 0 fully saturated rings. The Bertz CT molecular complexity index is 567. The largest absolute Gasteiger partial charge is 0.478 e. The molecule has 0 saturated carbocycles. The van der Waals surface area contributed by atoms with Gasteiger partial charge in [0.15, 0.2) is 0 Å². The Labute approximate surface area is 97.3 Å². The number of aryl methyl sites for hydroxylation is 2. The van der Waals surface area contributed by atoms with Gasteiger partial charge in [0.2, 0.25) is 0 Å². The van der Waals surface area contributed by atoms with Crippen molar-refractivity contribution < 1.29 is 14.3 Å². The van der Waals surface area contributed by atoms with Crippen molar-refractivity contribution in [2.45, 2.75) is 6.92 Å². The molecule has 0 amide bonds. The Morgan fingerprint density at radius 2 is 2.18 bits per heavy atom. The zero-order valence-corrected chi connectivity index (χ0v) is 9.44. The zero-order valence-electron chi connectivity index (χ0n) is 9.44. The third kappa shape index (κ3) is 1.91. The van der Waals surface area contributed by atoms with Gasteiger partial charge in [-0.3, -0.25) is 4.68 Å². The number of aromatic carboxylic acids is 1. The van der Waals surface area contributed by atoms with E-state index < -0.39 is 11.8 Å². The minimum absolute atomic E-state index is 0.282. The van der Waals surface area contributed by atoms with Crippen LogP contribution in [0.25, 0.3) is 11.3 Å². The van der Waals surface area contributed by atoms with Crippen molar-refractivity contribution in [1.82, 2.24) is 9.78 Å². The minimum atomic E-state index is -1.25. The third-order valence-corrected chi connectivity index (χ3v) is 2.62. The van der Waals surface area contributed by atoms with E-state index in [1.807, 2.05) is 0 Å². The highest BCUT2D eigenvalue weighted by Crippen LogP contribution is 2.24. The highest BCUT2D eigenvalue weighted by molar-refractivity contribution is 5.90. The van der Waals surface area contributed by atoms with E-state index in [-0.39, 0.29) is 5.56 Å². The number of carbonyl (C=O) groups is 1. The molecule has 0 saturated heterocycles. The van der Waals surface area contributed by atoms with Crippen molar-refractivity contribution in [3.8, 4) is 11.3 Å². The fraction of sp³-hybridized carbons (Fsp3) is 0.167. The number of aromatic nitrogens is 2. The van der Waals surface area contributed by atoms with Gasteiger partial charge in [-0.2, -0.15) is 5.10 Å². The molecule has 1 heterocycles. The lowest BCUT2D eigenvalue weighted by Gasteiger charge is -2.07. The molecule has 5 heteroatoms. The maximum atomic E-state index is 13.7. The lowest BCUT2D eigenvalue weighted by Crippen LogP contribution is -2.04. The minimum Gasteiger partial charge on any atom is -0.478 e. The number of halogens is 1. The molecule has 88 valence electrons. The summed E-state index contributed by atoms with van der Waals surface area (Å²) in [6, 6.07) is 4.60. The molecular formula is C12H11FN2O2. The molecule has 2 aromatic rings. The molecular weight excluding hydrogens is 223 g/mol. The van der Waals surface area contributed by atoms with E-state index in [0.29, 0.717) is 11.1 Å². The number of benzene rings is 1. The van der Waals surface area contributed by atoms with Gasteiger partial charge in [0, 0.05) is 18.8 Å². The van der Waals surface area contributed by atoms with E-state index in [0.717, 1.165) is 5.69 Å². The number of carboxylic acids is 1. The summed E-state index contributed by atoms with van der Waals surface area (Å²) in [6.07, 6.45) is 1.60. The molecule has 0 unspecified atom stereocenters. The summed E-state index contributed by atoms with van der Waals surface area (Å²) in [5.41, 5.74) is 1.47. The number of hydrogen-bond acceptors (Lipinski definition) is 2. The van der Waals surface area contributed by atoms with Crippen molar-refractivity contribution in [3.05, 3.63) is 41.3 Å². The average molecular weight is 234 g/mol. The predicted octanol–water partition coefficient (Wildman–Crippen LogP) is 2.23. The van der Waals surface area contributed by atoms with Crippen molar-refractivity contribution in [2.75, 3.05) is 0 Å². The van der Waals surface area contributed by atoms with E-state index in [1.54, 1.807) is 37.0 Å². The first-order chi connectivity index (χ1) is 8.00. The Balaban J connectivity index is 2.61. The molecule has 4 nitrogen and oxygen atoms in total. The van der Waals surface area contributed by atoms with Crippen LogP contribution in [0.1, 0.15) is 15.9 Å². The summed E-state index contributed by atoms with van der Waals surface area (Å²) in [5, 5.41) is 12.9. The molecule has 1 aromatic heterocycles. The topological polar surface area (TPSA) is 55.1 Å². The molecule has 0 aliphatic carbocycles. The molecule has 2 rings (SSSR count). The molecule has 0 aliphatic heterocycles. The first-order valence-electron chi connectivity index (χ1n) is 5.02. The standard InChI is InChI=1S/C12H11FN2O2/c1-7-5-8(10-3-4-14-15(10)2)6-9(13)11(7)12(16)17/h3-6H,1-2H3,(H,16,17).